The third kappa shape index (κ3) is 22.2. The van der Waals surface area contributed by atoms with E-state index >= 15 is 0 Å². The zero-order valence-corrected chi connectivity index (χ0v) is 49.8. The first-order valence-electron chi connectivity index (χ1n) is 20.9. The van der Waals surface area contributed by atoms with Crippen molar-refractivity contribution in [1.29, 1.82) is 0 Å². The summed E-state index contributed by atoms with van der Waals surface area (Å²) in [7, 11) is -3.51. The molecule has 1 radical (unpaired) electrons. The molecule has 0 fully saturated rings. The van der Waals surface area contributed by atoms with Crippen molar-refractivity contribution in [2.24, 2.45) is 16.7 Å². The fourth-order valence-corrected chi connectivity index (χ4v) is 7.84. The molecule has 0 amide bonds. The Morgan fingerprint density at radius 2 is 0.850 bits per heavy atom. The molecule has 0 aliphatic carbocycles. The van der Waals surface area contributed by atoms with Gasteiger partial charge in [0.2, 0.25) is 0 Å². The van der Waals surface area contributed by atoms with Crippen LogP contribution in [-0.2, 0) is 49.1 Å². The van der Waals surface area contributed by atoms with Crippen LogP contribution in [0.4, 0.5) is 22.7 Å². The van der Waals surface area contributed by atoms with E-state index in [4.69, 9.17) is 15.3 Å². The van der Waals surface area contributed by atoms with Crippen LogP contribution in [0, 0.1) is 0 Å². The minimum atomic E-state index is -1.72. The quantitative estimate of drug-likeness (QED) is 0.189. The second kappa shape index (κ2) is 25.2. The number of rotatable bonds is 3. The topological polar surface area (TPSA) is 66.8 Å². The molecule has 6 nitrogen and oxygen atoms in total. The van der Waals surface area contributed by atoms with Gasteiger partial charge in [0.25, 0.3) is 0 Å². The monoisotopic (exact) mass is 970 g/mol. The first-order chi connectivity index (χ1) is 27.9. The van der Waals surface area contributed by atoms with Gasteiger partial charge in [-0.3, -0.25) is 9.98 Å². The molecule has 4 aromatic rings. The summed E-state index contributed by atoms with van der Waals surface area (Å²) in [6.07, 6.45) is 5.99. The second-order valence-corrected chi connectivity index (χ2v) is 40.0. The van der Waals surface area contributed by atoms with Crippen molar-refractivity contribution in [3.8, 4) is 0 Å². The first kappa shape index (κ1) is 53.2. The van der Waals surface area contributed by atoms with Gasteiger partial charge in [0.15, 0.2) is 8.24 Å². The Labute approximate surface area is 389 Å². The van der Waals surface area contributed by atoms with Crippen molar-refractivity contribution in [3.63, 3.8) is 0 Å². The Morgan fingerprint density at radius 1 is 0.533 bits per heavy atom. The Morgan fingerprint density at radius 3 is 1.18 bits per heavy atom. The van der Waals surface area contributed by atoms with Crippen molar-refractivity contribution >= 4 is 67.7 Å². The van der Waals surface area contributed by atoms with Crippen LogP contribution in [0.3, 0.4) is 0 Å². The van der Waals surface area contributed by atoms with E-state index in [0.29, 0.717) is 0 Å². The number of anilines is 1. The summed E-state index contributed by atoms with van der Waals surface area (Å²) < 4.78 is 11.1. The largest absolute Gasteiger partial charge is 0.0715 e. The van der Waals surface area contributed by atoms with Crippen molar-refractivity contribution in [3.05, 3.63) is 148 Å². The van der Waals surface area contributed by atoms with Crippen LogP contribution >= 0.6 is 0 Å². The van der Waals surface area contributed by atoms with Crippen LogP contribution < -0.4 is 4.57 Å². The number of hydrogen-bond acceptors (Lipinski definition) is 5. The molecular formula is C48H70N6Si4Zn2-. The van der Waals surface area contributed by atoms with Gasteiger partial charge in [-0.15, -0.1) is 5.69 Å². The number of aliphatic imine (C=N–C) groups is 2. The van der Waals surface area contributed by atoms with E-state index in [-0.39, 0.29) is 8.80 Å². The maximum Gasteiger partial charge on any atom is 0.0379 e. The van der Waals surface area contributed by atoms with Gasteiger partial charge in [-0.2, -0.15) is 5.70 Å². The third-order valence-corrected chi connectivity index (χ3v) is 24.3. The second-order valence-electron chi connectivity index (χ2n) is 18.9. The molecule has 313 valence electrons. The Hall–Kier alpha value is -2.99. The van der Waals surface area contributed by atoms with E-state index in [9.17, 15) is 0 Å². The van der Waals surface area contributed by atoms with Gasteiger partial charge in [-0.05, 0) is 98.3 Å². The maximum absolute atomic E-state index is 4.93. The summed E-state index contributed by atoms with van der Waals surface area (Å²) in [5.41, 5.74) is 13.2. The number of benzene rings is 4. The SMILES string of the molecule is CC1=Nc2ccc(cc2)Cc2ccc(cc2)N=C(C)/C=C(/C)N([Si](C)(C)C)c2ccc(cc2)Cc2ccc(cc2)[N-]/C(C)=C\1.C[Si](C)(C)[N]=[Zn].C[Si](C)(C)[N]=[Zn].C[Si](C)C. The summed E-state index contributed by atoms with van der Waals surface area (Å²) in [4.78, 5) is 9.72. The van der Waals surface area contributed by atoms with Crippen molar-refractivity contribution in [2.75, 3.05) is 4.57 Å². The van der Waals surface area contributed by atoms with E-state index in [0.717, 1.165) is 83.3 Å². The van der Waals surface area contributed by atoms with Crippen LogP contribution in [0.5, 0.6) is 0 Å². The van der Waals surface area contributed by atoms with Crippen LogP contribution in [0.2, 0.25) is 78.6 Å². The van der Waals surface area contributed by atoms with Crippen molar-refractivity contribution in [2.45, 2.75) is 119 Å². The molecular weight excluding hydrogens is 904 g/mol. The van der Waals surface area contributed by atoms with E-state index in [2.05, 4.69) is 207 Å². The Bertz CT molecular complexity index is 2050. The summed E-state index contributed by atoms with van der Waals surface area (Å²) in [6, 6.07) is 34.6. The molecule has 11 rings (SSSR count). The predicted octanol–water partition coefficient (Wildman–Crippen LogP) is 15.7. The van der Waals surface area contributed by atoms with E-state index < -0.39 is 24.7 Å². The summed E-state index contributed by atoms with van der Waals surface area (Å²) in [5, 5.41) is 4.81. The molecule has 60 heavy (non-hydrogen) atoms. The minimum absolute atomic E-state index is 0.120. The molecule has 0 N–H and O–H groups in total. The van der Waals surface area contributed by atoms with Crippen molar-refractivity contribution in [1.82, 2.24) is 0 Å². The number of hydrogen-bond donors (Lipinski definition) is 0. The zero-order chi connectivity index (χ0) is 45.3. The van der Waals surface area contributed by atoms with Crippen LogP contribution in [0.1, 0.15) is 49.9 Å². The normalized spacial score (nSPS) is 15.4. The summed E-state index contributed by atoms with van der Waals surface area (Å²) in [6.45, 7) is 35.8. The smallest absolute Gasteiger partial charge is 0.0379 e. The first-order valence-corrected chi connectivity index (χ1v) is 36.9. The van der Waals surface area contributed by atoms with E-state index in [1.165, 1.54) is 33.6 Å². The average molecular weight is 974 g/mol. The minimum Gasteiger partial charge on any atom is -0.0715 e. The van der Waals surface area contributed by atoms with Gasteiger partial charge in [-0.1, -0.05) is 113 Å². The Balaban J connectivity index is 0.000000659. The fraction of sp³-hybridized carbons (Fsp3) is 0.375. The Kier molecular flexibility index (Phi) is 22.3. The molecule has 4 aromatic carbocycles. The molecule has 7 aliphatic rings. The van der Waals surface area contributed by atoms with Gasteiger partial charge in [0, 0.05) is 31.6 Å². The molecule has 0 atom stereocenters. The van der Waals surface area contributed by atoms with Gasteiger partial charge in [-0.25, -0.2) is 0 Å². The molecule has 0 aromatic heterocycles. The van der Waals surface area contributed by atoms with Crippen LogP contribution in [-0.4, -0.2) is 44.9 Å². The van der Waals surface area contributed by atoms with Gasteiger partial charge in [0.05, 0.1) is 11.4 Å². The molecule has 0 saturated carbocycles. The molecule has 8 bridgehead atoms. The standard InChI is InChI=1S/C39H43N4Si.2C3H9NSi.C3H9Si.2Zn/c1-28-24-29(2)41-37-18-10-34(11-19-37)27-35-14-22-39(23-15-35)43(44(5,6)7)31(4)25-30(3)42-38-20-12-33(13-21-38)26-32-8-16-36(40-28)17-9-32;2*1-5(2,3)4;1-4(2)3;;/h8-25H,26-27H2,1-7H3;2*1-3H3;1-3H3;;/q-1;;;;;/b29-24-,31-25-,40-28?,42-30?;;;;;. The third-order valence-electron chi connectivity index (χ3n) is 8.54. The van der Waals surface area contributed by atoms with E-state index in [1.807, 2.05) is 19.9 Å². The zero-order valence-electron chi connectivity index (χ0n) is 39.9. The molecule has 0 saturated heterocycles. The van der Waals surface area contributed by atoms with Gasteiger partial charge < -0.3 is 9.88 Å². The summed E-state index contributed by atoms with van der Waals surface area (Å²) >= 11 is 2.24. The van der Waals surface area contributed by atoms with Crippen LogP contribution in [0.25, 0.3) is 5.32 Å². The van der Waals surface area contributed by atoms with E-state index in [1.54, 1.807) is 0 Å². The van der Waals surface area contributed by atoms with Gasteiger partial charge >= 0.3 is 98.7 Å². The molecule has 12 heteroatoms. The predicted molar refractivity (Wildman–Crippen MR) is 268 cm³/mol. The number of allylic oxidation sites excluding steroid dienone is 4. The molecule has 0 spiro atoms. The van der Waals surface area contributed by atoms with Crippen molar-refractivity contribution < 1.29 is 36.2 Å². The van der Waals surface area contributed by atoms with Gasteiger partial charge in [0.1, 0.15) is 0 Å². The molecule has 7 aliphatic heterocycles. The number of nitrogens with zero attached hydrogens (tertiary/aromatic N) is 6. The summed E-state index contributed by atoms with van der Waals surface area (Å²) in [5.74, 6) is 0. The molecule has 7 heterocycles. The average Bonchev–Trinajstić information content (AvgIpc) is 3.13. The maximum atomic E-state index is 4.93. The van der Waals surface area contributed by atoms with Crippen LogP contribution in [0.15, 0.2) is 137 Å². The molecule has 0 unspecified atom stereocenters. The fourth-order valence-electron chi connectivity index (χ4n) is 5.80.